The summed E-state index contributed by atoms with van der Waals surface area (Å²) in [5.74, 6) is -1.14. The minimum Gasteiger partial charge on any atom is -0.324 e. The molecule has 1 unspecified atom stereocenters. The summed E-state index contributed by atoms with van der Waals surface area (Å²) in [6.07, 6.45) is 0. The van der Waals surface area contributed by atoms with Crippen LogP contribution in [0.1, 0.15) is 6.92 Å². The van der Waals surface area contributed by atoms with Gasteiger partial charge >= 0.3 is 0 Å². The molecule has 0 saturated heterocycles. The first-order chi connectivity index (χ1) is 11.0. The molecule has 0 aromatic heterocycles. The SMILES string of the molecule is CC(C(=O)Nc1ccc(F)cc1)N(C(=O)CN)c1ccccc1. The van der Waals surface area contributed by atoms with Gasteiger partial charge in [-0.05, 0) is 43.3 Å². The molecule has 2 aromatic carbocycles. The van der Waals surface area contributed by atoms with Crippen molar-refractivity contribution in [1.82, 2.24) is 0 Å². The van der Waals surface area contributed by atoms with Crippen LogP contribution < -0.4 is 16.0 Å². The number of benzene rings is 2. The second-order valence-corrected chi connectivity index (χ2v) is 4.98. The zero-order valence-corrected chi connectivity index (χ0v) is 12.7. The van der Waals surface area contributed by atoms with Crippen LogP contribution in [-0.2, 0) is 9.59 Å². The van der Waals surface area contributed by atoms with Gasteiger partial charge in [-0.25, -0.2) is 4.39 Å². The van der Waals surface area contributed by atoms with Gasteiger partial charge in [0.1, 0.15) is 11.9 Å². The lowest BCUT2D eigenvalue weighted by Crippen LogP contribution is -2.48. The van der Waals surface area contributed by atoms with Gasteiger partial charge in [-0.2, -0.15) is 0 Å². The van der Waals surface area contributed by atoms with E-state index in [2.05, 4.69) is 5.32 Å². The summed E-state index contributed by atoms with van der Waals surface area (Å²) in [5.41, 5.74) is 6.50. The molecule has 1 atom stereocenters. The topological polar surface area (TPSA) is 75.4 Å². The first-order valence-electron chi connectivity index (χ1n) is 7.16. The van der Waals surface area contributed by atoms with Crippen LogP contribution in [0.5, 0.6) is 0 Å². The fourth-order valence-electron chi connectivity index (χ4n) is 2.17. The van der Waals surface area contributed by atoms with E-state index in [9.17, 15) is 14.0 Å². The number of carbonyl (C=O) groups is 2. The van der Waals surface area contributed by atoms with E-state index in [4.69, 9.17) is 5.73 Å². The Morgan fingerprint density at radius 2 is 1.74 bits per heavy atom. The van der Waals surface area contributed by atoms with Crippen molar-refractivity contribution in [2.24, 2.45) is 5.73 Å². The molecule has 0 aliphatic heterocycles. The quantitative estimate of drug-likeness (QED) is 0.887. The van der Waals surface area contributed by atoms with Gasteiger partial charge in [0.05, 0.1) is 6.54 Å². The standard InChI is InChI=1S/C17H18FN3O2/c1-12(17(23)20-14-9-7-13(18)8-10-14)21(16(22)11-19)15-5-3-2-4-6-15/h2-10,12H,11,19H2,1H3,(H,20,23). The third-order valence-corrected chi connectivity index (χ3v) is 3.36. The molecule has 23 heavy (non-hydrogen) atoms. The van der Waals surface area contributed by atoms with Crippen molar-refractivity contribution in [3.05, 3.63) is 60.4 Å². The number of carbonyl (C=O) groups excluding carboxylic acids is 2. The zero-order valence-electron chi connectivity index (χ0n) is 12.7. The molecule has 6 heteroatoms. The Morgan fingerprint density at radius 3 is 2.30 bits per heavy atom. The Labute approximate surface area is 133 Å². The van der Waals surface area contributed by atoms with Crippen LogP contribution in [0, 0.1) is 5.82 Å². The Balaban J connectivity index is 2.19. The van der Waals surface area contributed by atoms with Crippen LogP contribution in [0.2, 0.25) is 0 Å². The summed E-state index contributed by atoms with van der Waals surface area (Å²) in [6, 6.07) is 13.5. The lowest BCUT2D eigenvalue weighted by Gasteiger charge is -2.28. The van der Waals surface area contributed by atoms with Crippen LogP contribution in [0.4, 0.5) is 15.8 Å². The van der Waals surface area contributed by atoms with Crippen LogP contribution >= 0.6 is 0 Å². The summed E-state index contributed by atoms with van der Waals surface area (Å²) in [4.78, 5) is 25.9. The molecule has 0 radical (unpaired) electrons. The maximum atomic E-state index is 12.9. The van der Waals surface area contributed by atoms with E-state index in [-0.39, 0.29) is 24.2 Å². The highest BCUT2D eigenvalue weighted by Gasteiger charge is 2.26. The zero-order chi connectivity index (χ0) is 16.8. The van der Waals surface area contributed by atoms with Gasteiger partial charge in [0.25, 0.3) is 0 Å². The van der Waals surface area contributed by atoms with E-state index in [1.807, 2.05) is 6.07 Å². The molecule has 3 N–H and O–H groups in total. The number of hydrogen-bond acceptors (Lipinski definition) is 3. The van der Waals surface area contributed by atoms with Crippen molar-refractivity contribution >= 4 is 23.2 Å². The summed E-state index contributed by atoms with van der Waals surface area (Å²) < 4.78 is 12.9. The van der Waals surface area contributed by atoms with Crippen molar-refractivity contribution in [2.45, 2.75) is 13.0 Å². The van der Waals surface area contributed by atoms with Crippen LogP contribution in [0.25, 0.3) is 0 Å². The molecule has 0 spiro atoms. The molecule has 2 aromatic rings. The maximum absolute atomic E-state index is 12.9. The molecular weight excluding hydrogens is 297 g/mol. The molecule has 0 aliphatic carbocycles. The maximum Gasteiger partial charge on any atom is 0.247 e. The van der Waals surface area contributed by atoms with E-state index in [0.717, 1.165) is 0 Å². The molecule has 5 nitrogen and oxygen atoms in total. The fraction of sp³-hybridized carbons (Fsp3) is 0.176. The summed E-state index contributed by atoms with van der Waals surface area (Å²) in [5, 5.41) is 2.66. The van der Waals surface area contributed by atoms with Crippen molar-refractivity contribution in [1.29, 1.82) is 0 Å². The van der Waals surface area contributed by atoms with Crippen molar-refractivity contribution in [3.63, 3.8) is 0 Å². The molecule has 2 amide bonds. The predicted molar refractivity (Wildman–Crippen MR) is 87.5 cm³/mol. The van der Waals surface area contributed by atoms with Crippen LogP contribution in [0.3, 0.4) is 0 Å². The second-order valence-electron chi connectivity index (χ2n) is 4.98. The number of halogens is 1. The smallest absolute Gasteiger partial charge is 0.247 e. The molecular formula is C17H18FN3O2. The fourth-order valence-corrected chi connectivity index (χ4v) is 2.17. The number of anilines is 2. The van der Waals surface area contributed by atoms with Gasteiger partial charge in [0, 0.05) is 11.4 Å². The largest absolute Gasteiger partial charge is 0.324 e. The number of nitrogens with zero attached hydrogens (tertiary/aromatic N) is 1. The van der Waals surface area contributed by atoms with Crippen molar-refractivity contribution in [2.75, 3.05) is 16.8 Å². The Kier molecular flexibility index (Phi) is 5.43. The number of nitrogens with two attached hydrogens (primary N) is 1. The third kappa shape index (κ3) is 4.14. The normalized spacial score (nSPS) is 11.6. The highest BCUT2D eigenvalue weighted by molar-refractivity contribution is 6.05. The highest BCUT2D eigenvalue weighted by Crippen LogP contribution is 2.18. The average molecular weight is 315 g/mol. The number of para-hydroxylation sites is 1. The van der Waals surface area contributed by atoms with Gasteiger partial charge in [-0.3, -0.25) is 14.5 Å². The van der Waals surface area contributed by atoms with Gasteiger partial charge < -0.3 is 11.1 Å². The van der Waals surface area contributed by atoms with Gasteiger partial charge in [-0.1, -0.05) is 18.2 Å². The Morgan fingerprint density at radius 1 is 1.13 bits per heavy atom. The minimum atomic E-state index is -0.765. The third-order valence-electron chi connectivity index (χ3n) is 3.36. The number of hydrogen-bond donors (Lipinski definition) is 2. The molecule has 2 rings (SSSR count). The van der Waals surface area contributed by atoms with Crippen molar-refractivity contribution < 1.29 is 14.0 Å². The first-order valence-corrected chi connectivity index (χ1v) is 7.16. The summed E-state index contributed by atoms with van der Waals surface area (Å²) in [7, 11) is 0. The van der Waals surface area contributed by atoms with E-state index >= 15 is 0 Å². The molecule has 0 saturated carbocycles. The molecule has 0 aliphatic rings. The molecule has 0 heterocycles. The monoisotopic (exact) mass is 315 g/mol. The number of nitrogens with one attached hydrogen (secondary N) is 1. The molecule has 120 valence electrons. The number of rotatable bonds is 5. The molecule has 0 bridgehead atoms. The van der Waals surface area contributed by atoms with Gasteiger partial charge in [0.2, 0.25) is 11.8 Å². The Bertz CT molecular complexity index is 674. The Hall–Kier alpha value is -2.73. The van der Waals surface area contributed by atoms with E-state index in [0.29, 0.717) is 11.4 Å². The van der Waals surface area contributed by atoms with E-state index in [1.165, 1.54) is 29.2 Å². The lowest BCUT2D eigenvalue weighted by molar-refractivity contribution is -0.122. The van der Waals surface area contributed by atoms with E-state index in [1.54, 1.807) is 31.2 Å². The first kappa shape index (κ1) is 16.6. The highest BCUT2D eigenvalue weighted by atomic mass is 19.1. The van der Waals surface area contributed by atoms with Crippen LogP contribution in [-0.4, -0.2) is 24.4 Å². The predicted octanol–water partition coefficient (Wildman–Crippen LogP) is 2.14. The average Bonchev–Trinajstić information content (AvgIpc) is 2.57. The number of amides is 2. The van der Waals surface area contributed by atoms with Crippen LogP contribution in [0.15, 0.2) is 54.6 Å². The lowest BCUT2D eigenvalue weighted by atomic mass is 10.2. The summed E-state index contributed by atoms with van der Waals surface area (Å²) >= 11 is 0. The molecule has 0 fully saturated rings. The second kappa shape index (κ2) is 7.51. The summed E-state index contributed by atoms with van der Waals surface area (Å²) in [6.45, 7) is 1.41. The van der Waals surface area contributed by atoms with E-state index < -0.39 is 6.04 Å². The van der Waals surface area contributed by atoms with Gasteiger partial charge in [-0.15, -0.1) is 0 Å². The minimum absolute atomic E-state index is 0.205. The van der Waals surface area contributed by atoms with Gasteiger partial charge in [0.15, 0.2) is 0 Å². The van der Waals surface area contributed by atoms with Crippen molar-refractivity contribution in [3.8, 4) is 0 Å².